The third-order valence-electron chi connectivity index (χ3n) is 2.12. The average molecular weight is 257 g/mol. The molecule has 0 N–H and O–H groups in total. The summed E-state index contributed by atoms with van der Waals surface area (Å²) in [7, 11) is 0. The number of nitrogens with zero attached hydrogens (tertiary/aromatic N) is 2. The van der Waals surface area contributed by atoms with E-state index in [1.165, 1.54) is 0 Å². The number of hydrogen-bond donors (Lipinski definition) is 0. The molecule has 0 unspecified atom stereocenters. The summed E-state index contributed by atoms with van der Waals surface area (Å²) < 4.78 is 7.34. The lowest BCUT2D eigenvalue weighted by Gasteiger charge is -2.08. The van der Waals surface area contributed by atoms with E-state index in [9.17, 15) is 0 Å². The molecular formula is C11H10Cl2N2O. The fourth-order valence-corrected chi connectivity index (χ4v) is 1.75. The third kappa shape index (κ3) is 2.15. The summed E-state index contributed by atoms with van der Waals surface area (Å²) in [5, 5.41) is 1.09. The Hall–Kier alpha value is -1.19. The minimum atomic E-state index is 0.445. The van der Waals surface area contributed by atoms with Gasteiger partial charge in [0.05, 0.1) is 11.2 Å². The Bertz CT molecular complexity index is 496. The lowest BCUT2D eigenvalue weighted by atomic mass is 10.3. The normalized spacial score (nSPS) is 10.4. The second-order valence-corrected chi connectivity index (χ2v) is 3.93. The van der Waals surface area contributed by atoms with E-state index in [1.54, 1.807) is 22.9 Å². The van der Waals surface area contributed by atoms with E-state index in [2.05, 4.69) is 4.98 Å². The highest BCUT2D eigenvalue weighted by atomic mass is 35.5. The van der Waals surface area contributed by atoms with Crippen LogP contribution in [0.25, 0.3) is 0 Å². The van der Waals surface area contributed by atoms with Crippen LogP contribution in [0.4, 0.5) is 0 Å². The van der Waals surface area contributed by atoms with E-state index in [0.29, 0.717) is 28.5 Å². The number of halogens is 2. The molecule has 0 fully saturated rings. The van der Waals surface area contributed by atoms with Crippen LogP contribution in [0.2, 0.25) is 10.2 Å². The van der Waals surface area contributed by atoms with E-state index >= 15 is 0 Å². The van der Waals surface area contributed by atoms with Gasteiger partial charge < -0.3 is 4.74 Å². The van der Waals surface area contributed by atoms with Crippen LogP contribution in [0.15, 0.2) is 30.5 Å². The molecule has 2 rings (SSSR count). The van der Waals surface area contributed by atoms with E-state index in [-0.39, 0.29) is 0 Å². The predicted octanol–water partition coefficient (Wildman–Crippen LogP) is 4.00. The zero-order valence-electron chi connectivity index (χ0n) is 8.65. The molecule has 0 atom stereocenters. The van der Waals surface area contributed by atoms with Crippen molar-refractivity contribution in [3.63, 3.8) is 0 Å². The number of aromatic nitrogens is 2. The molecule has 0 aliphatic rings. The molecule has 1 heterocycles. The first kappa shape index (κ1) is 11.3. The fraction of sp³-hybridized carbons (Fsp3) is 0.182. The van der Waals surface area contributed by atoms with Crippen molar-refractivity contribution in [1.29, 1.82) is 0 Å². The average Bonchev–Trinajstić information content (AvgIpc) is 2.63. The first-order chi connectivity index (χ1) is 7.72. The summed E-state index contributed by atoms with van der Waals surface area (Å²) in [5.74, 6) is 0.570. The van der Waals surface area contributed by atoms with Gasteiger partial charge in [-0.25, -0.2) is 4.98 Å². The SMILES string of the molecule is CCn1c(Cl)cnc1Oc1ccccc1Cl. The first-order valence-corrected chi connectivity index (χ1v) is 5.61. The van der Waals surface area contributed by atoms with Gasteiger partial charge in [-0.1, -0.05) is 35.3 Å². The van der Waals surface area contributed by atoms with Crippen LogP contribution < -0.4 is 4.74 Å². The van der Waals surface area contributed by atoms with Crippen molar-refractivity contribution in [1.82, 2.24) is 9.55 Å². The largest absolute Gasteiger partial charge is 0.424 e. The van der Waals surface area contributed by atoms with Crippen molar-refractivity contribution < 1.29 is 4.74 Å². The molecule has 3 nitrogen and oxygen atoms in total. The van der Waals surface area contributed by atoms with Crippen LogP contribution in [0.3, 0.4) is 0 Å². The molecule has 84 valence electrons. The van der Waals surface area contributed by atoms with E-state index in [0.717, 1.165) is 0 Å². The van der Waals surface area contributed by atoms with Crippen molar-refractivity contribution in [2.24, 2.45) is 0 Å². The lowest BCUT2D eigenvalue weighted by Crippen LogP contribution is -1.98. The van der Waals surface area contributed by atoms with Gasteiger partial charge in [0.1, 0.15) is 10.9 Å². The molecule has 5 heteroatoms. The highest BCUT2D eigenvalue weighted by Crippen LogP contribution is 2.29. The Kier molecular flexibility index (Phi) is 3.36. The molecule has 0 saturated heterocycles. The zero-order valence-corrected chi connectivity index (χ0v) is 10.2. The van der Waals surface area contributed by atoms with Gasteiger partial charge in [0.2, 0.25) is 0 Å². The minimum absolute atomic E-state index is 0.445. The summed E-state index contributed by atoms with van der Waals surface area (Å²) >= 11 is 11.9. The summed E-state index contributed by atoms with van der Waals surface area (Å²) in [4.78, 5) is 4.07. The summed E-state index contributed by atoms with van der Waals surface area (Å²) in [6.45, 7) is 2.66. The van der Waals surface area contributed by atoms with Gasteiger partial charge in [-0.05, 0) is 19.1 Å². The molecule has 0 aliphatic heterocycles. The van der Waals surface area contributed by atoms with Gasteiger partial charge in [-0.2, -0.15) is 0 Å². The van der Waals surface area contributed by atoms with Gasteiger partial charge in [-0.3, -0.25) is 4.57 Å². The van der Waals surface area contributed by atoms with Crippen LogP contribution in [0.1, 0.15) is 6.92 Å². The topological polar surface area (TPSA) is 27.1 Å². The number of rotatable bonds is 3. The number of benzene rings is 1. The Morgan fingerprint density at radius 3 is 2.75 bits per heavy atom. The van der Waals surface area contributed by atoms with Crippen LogP contribution >= 0.6 is 23.2 Å². The van der Waals surface area contributed by atoms with Gasteiger partial charge in [0.15, 0.2) is 0 Å². The van der Waals surface area contributed by atoms with Gasteiger partial charge in [0, 0.05) is 6.54 Å². The van der Waals surface area contributed by atoms with Gasteiger partial charge in [0.25, 0.3) is 0 Å². The van der Waals surface area contributed by atoms with Gasteiger partial charge in [-0.15, -0.1) is 0 Å². The van der Waals surface area contributed by atoms with Crippen LogP contribution in [-0.4, -0.2) is 9.55 Å². The van der Waals surface area contributed by atoms with Crippen LogP contribution in [0.5, 0.6) is 11.8 Å². The highest BCUT2D eigenvalue weighted by Gasteiger charge is 2.10. The molecule has 0 spiro atoms. The molecule has 0 bridgehead atoms. The molecule has 0 saturated carbocycles. The number of para-hydroxylation sites is 1. The Morgan fingerprint density at radius 1 is 1.31 bits per heavy atom. The minimum Gasteiger partial charge on any atom is -0.424 e. The number of hydrogen-bond acceptors (Lipinski definition) is 2. The van der Waals surface area contributed by atoms with Crippen LogP contribution in [0, 0.1) is 0 Å². The smallest absolute Gasteiger partial charge is 0.303 e. The molecular weight excluding hydrogens is 247 g/mol. The molecule has 1 aromatic carbocycles. The summed E-state index contributed by atoms with van der Waals surface area (Å²) in [6, 6.07) is 7.68. The van der Waals surface area contributed by atoms with Gasteiger partial charge >= 0.3 is 6.01 Å². The highest BCUT2D eigenvalue weighted by molar-refractivity contribution is 6.32. The Morgan fingerprint density at radius 2 is 2.06 bits per heavy atom. The summed E-state index contributed by atoms with van der Waals surface area (Å²) in [6.07, 6.45) is 1.55. The molecule has 2 aromatic rings. The van der Waals surface area contributed by atoms with E-state index in [1.807, 2.05) is 19.1 Å². The zero-order chi connectivity index (χ0) is 11.5. The second-order valence-electron chi connectivity index (χ2n) is 3.14. The summed E-state index contributed by atoms with van der Waals surface area (Å²) in [5.41, 5.74) is 0. The Labute approximate surface area is 104 Å². The standard InChI is InChI=1S/C11H10Cl2N2O/c1-2-15-10(13)7-14-11(15)16-9-6-4-3-5-8(9)12/h3-7H,2H2,1H3. The molecule has 1 aromatic heterocycles. The van der Waals surface area contributed by atoms with Crippen LogP contribution in [-0.2, 0) is 6.54 Å². The van der Waals surface area contributed by atoms with Crippen molar-refractivity contribution >= 4 is 23.2 Å². The van der Waals surface area contributed by atoms with E-state index in [4.69, 9.17) is 27.9 Å². The number of imidazole rings is 1. The van der Waals surface area contributed by atoms with Crippen molar-refractivity contribution in [3.8, 4) is 11.8 Å². The van der Waals surface area contributed by atoms with E-state index < -0.39 is 0 Å². The third-order valence-corrected chi connectivity index (χ3v) is 2.74. The second kappa shape index (κ2) is 4.76. The lowest BCUT2D eigenvalue weighted by molar-refractivity contribution is 0.415. The predicted molar refractivity (Wildman–Crippen MR) is 64.4 cm³/mol. The van der Waals surface area contributed by atoms with Crippen molar-refractivity contribution in [2.75, 3.05) is 0 Å². The maximum absolute atomic E-state index is 5.98. The van der Waals surface area contributed by atoms with Crippen molar-refractivity contribution in [3.05, 3.63) is 40.6 Å². The monoisotopic (exact) mass is 256 g/mol. The molecule has 0 amide bonds. The Balaban J connectivity index is 2.31. The maximum Gasteiger partial charge on any atom is 0.303 e. The van der Waals surface area contributed by atoms with Crippen molar-refractivity contribution in [2.45, 2.75) is 13.5 Å². The quantitative estimate of drug-likeness (QED) is 0.830. The molecule has 16 heavy (non-hydrogen) atoms. The number of ether oxygens (including phenoxy) is 1. The molecule has 0 aliphatic carbocycles. The fourth-order valence-electron chi connectivity index (χ4n) is 1.33. The first-order valence-electron chi connectivity index (χ1n) is 4.85. The maximum atomic E-state index is 5.98. The molecule has 0 radical (unpaired) electrons.